The Labute approximate surface area is 160 Å². The SMILES string of the molecule is O=C(Cl)COC1CCC(N(Cc2ccccc2)Cc2ccccc2)CC1. The lowest BCUT2D eigenvalue weighted by Crippen LogP contribution is -2.39. The van der Waals surface area contributed by atoms with Gasteiger partial charge in [-0.15, -0.1) is 0 Å². The topological polar surface area (TPSA) is 29.5 Å². The third-order valence-electron chi connectivity index (χ3n) is 5.05. The molecular weight excluding hydrogens is 346 g/mol. The molecule has 3 nitrogen and oxygen atoms in total. The molecule has 4 heteroatoms. The molecule has 26 heavy (non-hydrogen) atoms. The number of carbonyl (C=O) groups excluding carboxylic acids is 1. The van der Waals surface area contributed by atoms with Crippen LogP contribution in [0.2, 0.25) is 0 Å². The fourth-order valence-electron chi connectivity index (χ4n) is 3.71. The monoisotopic (exact) mass is 371 g/mol. The molecule has 2 aromatic carbocycles. The number of ether oxygens (including phenoxy) is 1. The van der Waals surface area contributed by atoms with Crippen LogP contribution in [0.1, 0.15) is 36.8 Å². The summed E-state index contributed by atoms with van der Waals surface area (Å²) < 4.78 is 5.61. The molecule has 0 aliphatic heterocycles. The van der Waals surface area contributed by atoms with Crippen molar-refractivity contribution in [3.05, 3.63) is 71.8 Å². The van der Waals surface area contributed by atoms with Gasteiger partial charge in [-0.25, -0.2) is 0 Å². The van der Waals surface area contributed by atoms with Crippen molar-refractivity contribution in [1.82, 2.24) is 4.90 Å². The van der Waals surface area contributed by atoms with Gasteiger partial charge in [0.2, 0.25) is 5.24 Å². The summed E-state index contributed by atoms with van der Waals surface area (Å²) in [4.78, 5) is 13.5. The molecule has 0 bridgehead atoms. The molecule has 0 unspecified atom stereocenters. The van der Waals surface area contributed by atoms with Gasteiger partial charge in [-0.3, -0.25) is 9.69 Å². The Balaban J connectivity index is 1.63. The second kappa shape index (κ2) is 9.86. The zero-order valence-electron chi connectivity index (χ0n) is 15.0. The van der Waals surface area contributed by atoms with E-state index in [4.69, 9.17) is 16.3 Å². The average Bonchev–Trinajstić information content (AvgIpc) is 2.68. The summed E-state index contributed by atoms with van der Waals surface area (Å²) in [6, 6.07) is 21.8. The van der Waals surface area contributed by atoms with E-state index >= 15 is 0 Å². The Morgan fingerprint density at radius 3 is 1.85 bits per heavy atom. The molecule has 3 rings (SSSR count). The number of nitrogens with zero attached hydrogens (tertiary/aromatic N) is 1. The Bertz CT molecular complexity index is 628. The van der Waals surface area contributed by atoms with Crippen LogP contribution in [-0.2, 0) is 22.6 Å². The second-order valence-electron chi connectivity index (χ2n) is 6.97. The summed E-state index contributed by atoms with van der Waals surface area (Å²) in [6.45, 7) is 1.92. The van der Waals surface area contributed by atoms with Gasteiger partial charge in [0.1, 0.15) is 6.61 Å². The third kappa shape index (κ3) is 5.94. The van der Waals surface area contributed by atoms with Crippen LogP contribution >= 0.6 is 11.6 Å². The lowest BCUT2D eigenvalue weighted by Gasteiger charge is -2.37. The third-order valence-corrected chi connectivity index (χ3v) is 5.16. The number of hydrogen-bond acceptors (Lipinski definition) is 3. The van der Waals surface area contributed by atoms with E-state index < -0.39 is 5.24 Å². The van der Waals surface area contributed by atoms with Gasteiger partial charge in [0.25, 0.3) is 0 Å². The van der Waals surface area contributed by atoms with E-state index in [-0.39, 0.29) is 12.7 Å². The molecule has 0 radical (unpaired) electrons. The zero-order chi connectivity index (χ0) is 18.2. The van der Waals surface area contributed by atoms with E-state index in [2.05, 4.69) is 65.6 Å². The molecule has 1 saturated carbocycles. The molecule has 1 aliphatic rings. The molecule has 0 spiro atoms. The van der Waals surface area contributed by atoms with E-state index in [0.717, 1.165) is 38.8 Å². The van der Waals surface area contributed by atoms with Gasteiger partial charge in [-0.2, -0.15) is 0 Å². The maximum atomic E-state index is 10.9. The summed E-state index contributed by atoms with van der Waals surface area (Å²) in [5.74, 6) is 0. The highest BCUT2D eigenvalue weighted by molar-refractivity contribution is 6.63. The second-order valence-corrected chi connectivity index (χ2v) is 7.39. The zero-order valence-corrected chi connectivity index (χ0v) is 15.8. The summed E-state index contributed by atoms with van der Waals surface area (Å²) in [7, 11) is 0. The van der Waals surface area contributed by atoms with E-state index in [1.807, 2.05) is 0 Å². The van der Waals surface area contributed by atoms with Crippen molar-refractivity contribution in [2.24, 2.45) is 0 Å². The standard InChI is InChI=1S/C22H26ClNO2/c23-22(25)17-26-21-13-11-20(12-14-21)24(15-18-7-3-1-4-8-18)16-19-9-5-2-6-10-19/h1-10,20-21H,11-17H2. The smallest absolute Gasteiger partial charge is 0.247 e. The molecule has 1 aliphatic carbocycles. The Morgan fingerprint density at radius 2 is 1.38 bits per heavy atom. The maximum Gasteiger partial charge on any atom is 0.247 e. The lowest BCUT2D eigenvalue weighted by atomic mass is 9.91. The average molecular weight is 372 g/mol. The van der Waals surface area contributed by atoms with Crippen molar-refractivity contribution in [3.63, 3.8) is 0 Å². The predicted molar refractivity (Wildman–Crippen MR) is 105 cm³/mol. The molecule has 0 atom stereocenters. The van der Waals surface area contributed by atoms with Gasteiger partial charge in [0.15, 0.2) is 0 Å². The Morgan fingerprint density at radius 1 is 0.885 bits per heavy atom. The molecule has 0 N–H and O–H groups in total. The van der Waals surface area contributed by atoms with Crippen molar-refractivity contribution in [3.8, 4) is 0 Å². The highest BCUT2D eigenvalue weighted by Crippen LogP contribution is 2.27. The normalized spacial score (nSPS) is 20.2. The number of carbonyl (C=O) groups is 1. The fourth-order valence-corrected chi connectivity index (χ4v) is 3.77. The summed E-state index contributed by atoms with van der Waals surface area (Å²) in [5, 5.41) is -0.415. The highest BCUT2D eigenvalue weighted by Gasteiger charge is 2.26. The van der Waals surface area contributed by atoms with Crippen LogP contribution in [0.4, 0.5) is 0 Å². The van der Waals surface area contributed by atoms with E-state index in [1.165, 1.54) is 11.1 Å². The van der Waals surface area contributed by atoms with Gasteiger partial charge >= 0.3 is 0 Å². The molecule has 2 aromatic rings. The molecule has 0 heterocycles. The van der Waals surface area contributed by atoms with Crippen LogP contribution in [-0.4, -0.2) is 28.9 Å². The minimum absolute atomic E-state index is 0.0225. The van der Waals surface area contributed by atoms with Crippen LogP contribution in [0.25, 0.3) is 0 Å². The fraction of sp³-hybridized carbons (Fsp3) is 0.409. The quantitative estimate of drug-likeness (QED) is 0.625. The van der Waals surface area contributed by atoms with Crippen LogP contribution < -0.4 is 0 Å². The number of hydrogen-bond donors (Lipinski definition) is 0. The number of halogens is 1. The predicted octanol–water partition coefficient (Wildman–Crippen LogP) is 4.78. The van der Waals surface area contributed by atoms with E-state index in [9.17, 15) is 4.79 Å². The summed E-state index contributed by atoms with van der Waals surface area (Å²) >= 11 is 5.38. The first-order valence-electron chi connectivity index (χ1n) is 9.32. The maximum absolute atomic E-state index is 10.9. The minimum atomic E-state index is -0.415. The Kier molecular flexibility index (Phi) is 7.24. The van der Waals surface area contributed by atoms with Crippen molar-refractivity contribution in [1.29, 1.82) is 0 Å². The number of benzene rings is 2. The van der Waals surface area contributed by atoms with E-state index in [0.29, 0.717) is 6.04 Å². The molecule has 0 amide bonds. The first kappa shape index (κ1) is 19.1. The highest BCUT2D eigenvalue weighted by atomic mass is 35.5. The summed E-state index contributed by atoms with van der Waals surface area (Å²) in [5.41, 5.74) is 2.68. The molecule has 0 aromatic heterocycles. The van der Waals surface area contributed by atoms with Crippen molar-refractivity contribution >= 4 is 16.8 Å². The van der Waals surface area contributed by atoms with Crippen molar-refractivity contribution < 1.29 is 9.53 Å². The van der Waals surface area contributed by atoms with Crippen molar-refractivity contribution in [2.75, 3.05) is 6.61 Å². The largest absolute Gasteiger partial charge is 0.369 e. The van der Waals surface area contributed by atoms with Crippen LogP contribution in [0.3, 0.4) is 0 Å². The van der Waals surface area contributed by atoms with Gasteiger partial charge in [-0.05, 0) is 48.4 Å². The molecule has 0 saturated heterocycles. The lowest BCUT2D eigenvalue weighted by molar-refractivity contribution is -0.118. The molecule has 1 fully saturated rings. The summed E-state index contributed by atoms with van der Waals surface area (Å²) in [6.07, 6.45) is 4.29. The van der Waals surface area contributed by atoms with Crippen molar-refractivity contribution in [2.45, 2.75) is 50.9 Å². The van der Waals surface area contributed by atoms with Crippen LogP contribution in [0.15, 0.2) is 60.7 Å². The first-order valence-corrected chi connectivity index (χ1v) is 9.70. The van der Waals surface area contributed by atoms with Crippen LogP contribution in [0.5, 0.6) is 0 Å². The van der Waals surface area contributed by atoms with Gasteiger partial charge in [0.05, 0.1) is 6.10 Å². The first-order chi connectivity index (χ1) is 12.7. The van der Waals surface area contributed by atoms with Gasteiger partial charge in [0, 0.05) is 19.1 Å². The van der Waals surface area contributed by atoms with Gasteiger partial charge in [-0.1, -0.05) is 60.7 Å². The van der Waals surface area contributed by atoms with Crippen LogP contribution in [0, 0.1) is 0 Å². The van der Waals surface area contributed by atoms with E-state index in [1.54, 1.807) is 0 Å². The molecule has 138 valence electrons. The Hall–Kier alpha value is -1.68. The molecular formula is C22H26ClNO2. The number of rotatable bonds is 8. The van der Waals surface area contributed by atoms with Gasteiger partial charge < -0.3 is 4.74 Å². The minimum Gasteiger partial charge on any atom is -0.369 e.